The molecule has 0 aliphatic carbocycles. The van der Waals surface area contributed by atoms with Gasteiger partial charge in [-0.25, -0.2) is 0 Å². The summed E-state index contributed by atoms with van der Waals surface area (Å²) in [5.41, 5.74) is -1.13. The number of imide groups is 2. The number of pyridine rings is 1. The van der Waals surface area contributed by atoms with Gasteiger partial charge in [-0.15, -0.1) is 0 Å². The van der Waals surface area contributed by atoms with E-state index in [1.807, 2.05) is 13.8 Å². The molecule has 3 heterocycles. The van der Waals surface area contributed by atoms with Crippen molar-refractivity contribution in [1.82, 2.24) is 15.2 Å². The second-order valence-electron chi connectivity index (χ2n) is 5.00. The fraction of sp³-hybridized carbons (Fsp3) is 0.400. The van der Waals surface area contributed by atoms with Crippen molar-refractivity contribution in [1.29, 1.82) is 0 Å². The third-order valence-corrected chi connectivity index (χ3v) is 3.72. The first-order chi connectivity index (χ1) is 10.4. The largest absolute Gasteiger partial charge is 0.294 e. The van der Waals surface area contributed by atoms with Gasteiger partial charge >= 0.3 is 0 Å². The van der Waals surface area contributed by atoms with E-state index in [0.717, 1.165) is 4.90 Å². The first-order valence-electron chi connectivity index (χ1n) is 7.13. The van der Waals surface area contributed by atoms with Crippen LogP contribution < -0.4 is 5.32 Å². The van der Waals surface area contributed by atoms with Gasteiger partial charge in [0.2, 0.25) is 5.91 Å². The number of piperidine rings is 1. The highest BCUT2D eigenvalue weighted by Crippen LogP contribution is 2.32. The zero-order chi connectivity index (χ0) is 16.5. The zero-order valence-corrected chi connectivity index (χ0v) is 12.7. The molecule has 3 rings (SSSR count). The molecule has 0 saturated carbocycles. The molecule has 2 aliphatic heterocycles. The van der Waals surface area contributed by atoms with Crippen LogP contribution in [0.25, 0.3) is 0 Å². The fourth-order valence-electron chi connectivity index (χ4n) is 2.52. The molecule has 1 fully saturated rings. The predicted molar refractivity (Wildman–Crippen MR) is 76.9 cm³/mol. The smallest absolute Gasteiger partial charge is 0.281 e. The van der Waals surface area contributed by atoms with Crippen LogP contribution in [0.5, 0.6) is 0 Å². The van der Waals surface area contributed by atoms with Crippen LogP contribution in [0.2, 0.25) is 0 Å². The van der Waals surface area contributed by atoms with Crippen molar-refractivity contribution in [2.45, 2.75) is 39.2 Å². The van der Waals surface area contributed by atoms with E-state index in [1.165, 1.54) is 19.2 Å². The predicted octanol–water partition coefficient (Wildman–Crippen LogP) is 0.899. The molecule has 7 heteroatoms. The maximum atomic E-state index is 12.3. The number of rotatable bonds is 1. The van der Waals surface area contributed by atoms with Gasteiger partial charge in [0.1, 0.15) is 11.2 Å². The number of amides is 4. The maximum absolute atomic E-state index is 12.3. The number of nitrogens with zero attached hydrogens (tertiary/aromatic N) is 2. The van der Waals surface area contributed by atoms with E-state index in [2.05, 4.69) is 10.3 Å². The summed E-state index contributed by atoms with van der Waals surface area (Å²) < 4.78 is 0. The molecular formula is C15H17N3O4. The van der Waals surface area contributed by atoms with Crippen molar-refractivity contribution in [3.63, 3.8) is 0 Å². The molecule has 7 nitrogen and oxygen atoms in total. The second-order valence-corrected chi connectivity index (χ2v) is 5.00. The van der Waals surface area contributed by atoms with E-state index in [0.29, 0.717) is 0 Å². The number of aromatic nitrogens is 1. The van der Waals surface area contributed by atoms with Gasteiger partial charge in [-0.05, 0) is 25.5 Å². The zero-order valence-electron chi connectivity index (χ0n) is 12.7. The summed E-state index contributed by atoms with van der Waals surface area (Å²) in [6, 6.07) is 3.05. The third-order valence-electron chi connectivity index (χ3n) is 3.72. The Morgan fingerprint density at radius 3 is 2.45 bits per heavy atom. The van der Waals surface area contributed by atoms with Gasteiger partial charge in [-0.3, -0.25) is 34.4 Å². The Labute approximate surface area is 127 Å². The van der Waals surface area contributed by atoms with Crippen molar-refractivity contribution in [2.24, 2.45) is 0 Å². The van der Waals surface area contributed by atoms with Gasteiger partial charge in [-0.1, -0.05) is 13.8 Å². The number of carbonyl (C=O) groups is 4. The molecule has 22 heavy (non-hydrogen) atoms. The second kappa shape index (κ2) is 5.67. The molecule has 0 bridgehead atoms. The minimum absolute atomic E-state index is 0.0448. The number of hydrogen-bond donors (Lipinski definition) is 1. The summed E-state index contributed by atoms with van der Waals surface area (Å²) >= 11 is 0. The molecule has 1 aromatic rings. The lowest BCUT2D eigenvalue weighted by Crippen LogP contribution is -2.62. The van der Waals surface area contributed by atoms with Crippen LogP contribution in [0.3, 0.4) is 0 Å². The van der Waals surface area contributed by atoms with Crippen LogP contribution in [-0.2, 0) is 9.59 Å². The van der Waals surface area contributed by atoms with Crippen LogP contribution in [0.15, 0.2) is 18.3 Å². The van der Waals surface area contributed by atoms with Crippen LogP contribution in [0.1, 0.15) is 54.5 Å². The number of hydrogen-bond acceptors (Lipinski definition) is 5. The highest BCUT2D eigenvalue weighted by atomic mass is 16.2. The standard InChI is InChI=1S/C13H11N3O4.C2H6/c1-13(5-4-8(17)15-12(13)20)16-10(18)7-3-2-6-14-9(7)11(16)19;1-2/h2-3,6H,4-5H2,1H3,(H,15,17,20);1-2H3. The quantitative estimate of drug-likeness (QED) is 0.777. The van der Waals surface area contributed by atoms with Crippen molar-refractivity contribution in [3.8, 4) is 0 Å². The molecular weight excluding hydrogens is 286 g/mol. The molecule has 1 atom stereocenters. The minimum atomic E-state index is -1.36. The lowest BCUT2D eigenvalue weighted by Gasteiger charge is -2.37. The van der Waals surface area contributed by atoms with Gasteiger partial charge in [0, 0.05) is 12.6 Å². The van der Waals surface area contributed by atoms with Crippen LogP contribution in [0, 0.1) is 0 Å². The summed E-state index contributed by atoms with van der Waals surface area (Å²) in [6.45, 7) is 5.48. The van der Waals surface area contributed by atoms with E-state index in [4.69, 9.17) is 0 Å². The van der Waals surface area contributed by atoms with E-state index < -0.39 is 29.2 Å². The summed E-state index contributed by atoms with van der Waals surface area (Å²) in [5, 5.41) is 2.17. The molecule has 0 spiro atoms. The summed E-state index contributed by atoms with van der Waals surface area (Å²) in [6.07, 6.45) is 1.62. The third kappa shape index (κ3) is 2.18. The first-order valence-corrected chi connectivity index (χ1v) is 7.13. The Hall–Kier alpha value is -2.57. The molecule has 1 unspecified atom stereocenters. The lowest BCUT2D eigenvalue weighted by atomic mass is 9.89. The van der Waals surface area contributed by atoms with E-state index in [9.17, 15) is 19.2 Å². The fourth-order valence-corrected chi connectivity index (χ4v) is 2.52. The van der Waals surface area contributed by atoms with E-state index in [1.54, 1.807) is 6.07 Å². The monoisotopic (exact) mass is 303 g/mol. The van der Waals surface area contributed by atoms with Gasteiger partial charge < -0.3 is 0 Å². The molecule has 116 valence electrons. The lowest BCUT2D eigenvalue weighted by molar-refractivity contribution is -0.140. The summed E-state index contributed by atoms with van der Waals surface area (Å²) in [7, 11) is 0. The summed E-state index contributed by atoms with van der Waals surface area (Å²) in [5.74, 6) is -2.19. The number of fused-ring (bicyclic) bond motifs is 1. The maximum Gasteiger partial charge on any atom is 0.281 e. The van der Waals surface area contributed by atoms with Crippen molar-refractivity contribution in [3.05, 3.63) is 29.6 Å². The Balaban J connectivity index is 0.000000847. The highest BCUT2D eigenvalue weighted by molar-refractivity contribution is 6.23. The van der Waals surface area contributed by atoms with Gasteiger partial charge in [0.05, 0.1) is 5.56 Å². The van der Waals surface area contributed by atoms with Crippen molar-refractivity contribution < 1.29 is 19.2 Å². The molecule has 1 aromatic heterocycles. The number of nitrogens with one attached hydrogen (secondary N) is 1. The molecule has 0 radical (unpaired) electrons. The van der Waals surface area contributed by atoms with Crippen LogP contribution >= 0.6 is 0 Å². The van der Waals surface area contributed by atoms with Crippen molar-refractivity contribution >= 4 is 23.6 Å². The molecule has 0 aromatic carbocycles. The molecule has 2 aliphatic rings. The Morgan fingerprint density at radius 1 is 1.18 bits per heavy atom. The molecule has 4 amide bonds. The highest BCUT2D eigenvalue weighted by Gasteiger charge is 2.53. The average molecular weight is 303 g/mol. The van der Waals surface area contributed by atoms with Gasteiger partial charge in [0.15, 0.2) is 0 Å². The molecule has 1 saturated heterocycles. The topological polar surface area (TPSA) is 96.4 Å². The van der Waals surface area contributed by atoms with Crippen LogP contribution in [-0.4, -0.2) is 39.1 Å². The Morgan fingerprint density at radius 2 is 1.86 bits per heavy atom. The SMILES string of the molecule is CC.CC1(N2C(=O)c3cccnc3C2=O)CCC(=O)NC1=O. The Kier molecular flexibility index (Phi) is 4.07. The minimum Gasteiger partial charge on any atom is -0.294 e. The van der Waals surface area contributed by atoms with Crippen molar-refractivity contribution in [2.75, 3.05) is 0 Å². The first kappa shape index (κ1) is 15.8. The normalized spacial score (nSPS) is 23.7. The number of carbonyl (C=O) groups excluding carboxylic acids is 4. The Bertz CT molecular complexity index is 636. The summed E-state index contributed by atoms with van der Waals surface area (Å²) in [4.78, 5) is 52.7. The molecule has 1 N–H and O–H groups in total. The van der Waals surface area contributed by atoms with Gasteiger partial charge in [0.25, 0.3) is 17.7 Å². The van der Waals surface area contributed by atoms with Gasteiger partial charge in [-0.2, -0.15) is 0 Å². The van der Waals surface area contributed by atoms with E-state index >= 15 is 0 Å². The average Bonchev–Trinajstić information content (AvgIpc) is 2.78. The van der Waals surface area contributed by atoms with E-state index in [-0.39, 0.29) is 24.1 Å². The van der Waals surface area contributed by atoms with Crippen LogP contribution in [0.4, 0.5) is 0 Å².